The van der Waals surface area contributed by atoms with Crippen LogP contribution in [0.5, 0.6) is 0 Å². The molecule has 0 aromatic heterocycles. The van der Waals surface area contributed by atoms with Crippen molar-refractivity contribution in [2.45, 2.75) is 128 Å². The molecule has 0 bridgehead atoms. The molecule has 4 nitrogen and oxygen atoms in total. The van der Waals surface area contributed by atoms with Crippen LogP contribution in [0.4, 0.5) is 0 Å². The summed E-state index contributed by atoms with van der Waals surface area (Å²) in [6.07, 6.45) is 16.5. The summed E-state index contributed by atoms with van der Waals surface area (Å²) in [5.74, 6) is 0. The molecule has 0 aromatic rings. The number of aliphatic hydroxyl groups excluding tert-OH is 1. The Morgan fingerprint density at radius 3 is 1.54 bits per heavy atom. The Balaban J connectivity index is 0. The molecule has 6 heteroatoms. The second-order valence-electron chi connectivity index (χ2n) is 7.43. The SMILES string of the molecule is CCCCCCCCCCCC(O)CCCCCC(CC)S(=O)(=O)[O-].[Na+]. The average Bonchev–Trinajstić information content (AvgIpc) is 2.55. The Kier molecular flexibility index (Phi) is 21.5. The van der Waals surface area contributed by atoms with Gasteiger partial charge in [0.2, 0.25) is 0 Å². The molecule has 0 rings (SSSR count). The van der Waals surface area contributed by atoms with E-state index in [2.05, 4.69) is 6.92 Å². The molecule has 0 aliphatic heterocycles. The summed E-state index contributed by atoms with van der Waals surface area (Å²) < 4.78 is 33.0. The first-order chi connectivity index (χ1) is 11.9. The van der Waals surface area contributed by atoms with Crippen molar-refractivity contribution < 1.29 is 47.6 Å². The largest absolute Gasteiger partial charge is 1.00 e. The van der Waals surface area contributed by atoms with Gasteiger partial charge in [0.05, 0.1) is 16.2 Å². The summed E-state index contributed by atoms with van der Waals surface area (Å²) in [7, 11) is -4.14. The van der Waals surface area contributed by atoms with Crippen molar-refractivity contribution in [2.24, 2.45) is 0 Å². The third kappa shape index (κ3) is 18.2. The summed E-state index contributed by atoms with van der Waals surface area (Å²) in [6.45, 7) is 3.99. The van der Waals surface area contributed by atoms with Crippen LogP contribution in [0.25, 0.3) is 0 Å². The molecule has 0 heterocycles. The van der Waals surface area contributed by atoms with Gasteiger partial charge in [-0.3, -0.25) is 0 Å². The maximum absolute atomic E-state index is 11.0. The van der Waals surface area contributed by atoms with E-state index in [1.807, 2.05) is 0 Å². The number of aliphatic hydroxyl groups is 1. The summed E-state index contributed by atoms with van der Waals surface area (Å²) in [4.78, 5) is 0. The fourth-order valence-electron chi connectivity index (χ4n) is 3.32. The molecule has 152 valence electrons. The fraction of sp³-hybridized carbons (Fsp3) is 1.00. The molecule has 0 radical (unpaired) electrons. The smallest absolute Gasteiger partial charge is 0.748 e. The molecule has 1 N–H and O–H groups in total. The molecule has 0 aliphatic rings. The molecule has 0 aromatic carbocycles. The zero-order chi connectivity index (χ0) is 19.0. The molecule has 0 saturated heterocycles. The standard InChI is InChI=1S/C20H42O4S.Na/c1-3-5-6-7-8-9-10-11-13-16-19(21)17-14-12-15-18-20(4-2)25(22,23)24;/h19-21H,3-18H2,1-2H3,(H,22,23,24);/q;+1/p-1. The van der Waals surface area contributed by atoms with Crippen LogP contribution in [0.3, 0.4) is 0 Å². The Morgan fingerprint density at radius 2 is 1.12 bits per heavy atom. The molecule has 0 saturated carbocycles. The predicted octanol–water partition coefficient (Wildman–Crippen LogP) is 2.55. The van der Waals surface area contributed by atoms with Crippen LogP contribution >= 0.6 is 0 Å². The Bertz CT molecular complexity index is 387. The third-order valence-corrected chi connectivity index (χ3v) is 6.45. The van der Waals surface area contributed by atoms with Gasteiger partial charge in [-0.25, -0.2) is 8.42 Å². The van der Waals surface area contributed by atoms with Crippen LogP contribution in [0.15, 0.2) is 0 Å². The second kappa shape index (κ2) is 19.2. The molecule has 26 heavy (non-hydrogen) atoms. The Hall–Kier alpha value is 0.870. The van der Waals surface area contributed by atoms with Gasteiger partial charge in [0.15, 0.2) is 0 Å². The molecule has 2 unspecified atom stereocenters. The van der Waals surface area contributed by atoms with Crippen molar-refractivity contribution in [1.82, 2.24) is 0 Å². The summed E-state index contributed by atoms with van der Waals surface area (Å²) in [5.41, 5.74) is 0. The van der Waals surface area contributed by atoms with Crippen molar-refractivity contribution in [3.05, 3.63) is 0 Å². The van der Waals surface area contributed by atoms with E-state index in [4.69, 9.17) is 0 Å². The van der Waals surface area contributed by atoms with E-state index in [1.165, 1.54) is 51.4 Å². The van der Waals surface area contributed by atoms with Crippen LogP contribution in [0, 0.1) is 0 Å². The van der Waals surface area contributed by atoms with E-state index >= 15 is 0 Å². The number of unbranched alkanes of at least 4 members (excludes halogenated alkanes) is 10. The topological polar surface area (TPSA) is 77.4 Å². The molecule has 0 spiro atoms. The normalized spacial score (nSPS) is 14.0. The van der Waals surface area contributed by atoms with Gasteiger partial charge in [-0.05, 0) is 25.7 Å². The Morgan fingerprint density at radius 1 is 0.731 bits per heavy atom. The maximum atomic E-state index is 11.0. The number of rotatable bonds is 18. The maximum Gasteiger partial charge on any atom is 1.00 e. The van der Waals surface area contributed by atoms with E-state index < -0.39 is 15.4 Å². The van der Waals surface area contributed by atoms with Gasteiger partial charge in [-0.15, -0.1) is 0 Å². The molecule has 0 aliphatic carbocycles. The average molecular weight is 401 g/mol. The van der Waals surface area contributed by atoms with E-state index in [0.717, 1.165) is 38.5 Å². The first-order valence-corrected chi connectivity index (χ1v) is 12.0. The monoisotopic (exact) mass is 400 g/mol. The van der Waals surface area contributed by atoms with E-state index in [9.17, 15) is 18.1 Å². The zero-order valence-electron chi connectivity index (χ0n) is 17.5. The minimum Gasteiger partial charge on any atom is -0.748 e. The number of hydrogen-bond donors (Lipinski definition) is 1. The van der Waals surface area contributed by atoms with Crippen molar-refractivity contribution in [1.29, 1.82) is 0 Å². The van der Waals surface area contributed by atoms with Gasteiger partial charge in [0, 0.05) is 5.25 Å². The summed E-state index contributed by atoms with van der Waals surface area (Å²) >= 11 is 0. The van der Waals surface area contributed by atoms with Crippen molar-refractivity contribution in [2.75, 3.05) is 0 Å². The molecule has 0 amide bonds. The second-order valence-corrected chi connectivity index (χ2v) is 9.08. The van der Waals surface area contributed by atoms with Crippen molar-refractivity contribution >= 4 is 10.1 Å². The third-order valence-electron chi connectivity index (χ3n) is 5.07. The van der Waals surface area contributed by atoms with Gasteiger partial charge in [-0.2, -0.15) is 0 Å². The van der Waals surface area contributed by atoms with E-state index in [-0.39, 0.29) is 35.7 Å². The van der Waals surface area contributed by atoms with Gasteiger partial charge in [0.1, 0.15) is 0 Å². The summed E-state index contributed by atoms with van der Waals surface area (Å²) in [6, 6.07) is 0. The van der Waals surface area contributed by atoms with Crippen molar-refractivity contribution in [3.63, 3.8) is 0 Å². The first-order valence-electron chi connectivity index (χ1n) is 10.5. The van der Waals surface area contributed by atoms with Gasteiger partial charge in [0.25, 0.3) is 0 Å². The molecule has 0 fully saturated rings. The zero-order valence-corrected chi connectivity index (χ0v) is 20.4. The van der Waals surface area contributed by atoms with Crippen LogP contribution in [-0.4, -0.2) is 29.4 Å². The summed E-state index contributed by atoms with van der Waals surface area (Å²) in [5, 5.41) is 9.25. The van der Waals surface area contributed by atoms with Crippen LogP contribution in [0.2, 0.25) is 0 Å². The quantitative estimate of drug-likeness (QED) is 0.218. The van der Waals surface area contributed by atoms with E-state index in [0.29, 0.717) is 12.8 Å². The van der Waals surface area contributed by atoms with Crippen LogP contribution < -0.4 is 29.6 Å². The predicted molar refractivity (Wildman–Crippen MR) is 105 cm³/mol. The van der Waals surface area contributed by atoms with Crippen LogP contribution in [-0.2, 0) is 10.1 Å². The Labute approximate surface area is 185 Å². The molecular formula is C20H41NaO4S. The van der Waals surface area contributed by atoms with Gasteiger partial charge < -0.3 is 9.66 Å². The van der Waals surface area contributed by atoms with E-state index in [1.54, 1.807) is 6.92 Å². The minimum absolute atomic E-state index is 0. The van der Waals surface area contributed by atoms with Gasteiger partial charge in [-0.1, -0.05) is 90.9 Å². The van der Waals surface area contributed by atoms with Crippen molar-refractivity contribution in [3.8, 4) is 0 Å². The fourth-order valence-corrected chi connectivity index (χ4v) is 4.18. The van der Waals surface area contributed by atoms with Crippen LogP contribution in [0.1, 0.15) is 117 Å². The molecule has 2 atom stereocenters. The minimum atomic E-state index is -4.14. The number of hydrogen-bond acceptors (Lipinski definition) is 4. The molecular weight excluding hydrogens is 359 g/mol. The van der Waals surface area contributed by atoms with Gasteiger partial charge >= 0.3 is 29.6 Å². The first kappa shape index (κ1) is 29.1.